The fourth-order valence-corrected chi connectivity index (χ4v) is 5.16. The molecule has 31 heavy (non-hydrogen) atoms. The van der Waals surface area contributed by atoms with Crippen LogP contribution in [0.25, 0.3) is 10.9 Å². The molecule has 1 fully saturated rings. The maximum atomic E-state index is 13.3. The van der Waals surface area contributed by atoms with E-state index < -0.39 is 5.91 Å². The first-order valence-electron chi connectivity index (χ1n) is 10.2. The molecule has 0 atom stereocenters. The second-order valence-electron chi connectivity index (χ2n) is 8.10. The van der Waals surface area contributed by atoms with Crippen molar-refractivity contribution in [2.45, 2.75) is 25.8 Å². The number of hydrogen-bond donors (Lipinski definition) is 3. The highest BCUT2D eigenvalue weighted by molar-refractivity contribution is 7.14. The minimum absolute atomic E-state index is 0.0564. The molecule has 3 aromatic rings. The minimum Gasteiger partial charge on any atom is -0.340 e. The lowest BCUT2D eigenvalue weighted by Crippen LogP contribution is -2.36. The summed E-state index contributed by atoms with van der Waals surface area (Å²) in [6.07, 6.45) is 2.57. The molecule has 1 aliphatic heterocycles. The highest BCUT2D eigenvalue weighted by Gasteiger charge is 2.30. The molecule has 0 radical (unpaired) electrons. The summed E-state index contributed by atoms with van der Waals surface area (Å²) in [5, 5.41) is 12.7. The molecule has 3 heterocycles. The molecule has 0 unspecified atom stereocenters. The number of carbonyl (C=O) groups excluding carboxylic acids is 3. The van der Waals surface area contributed by atoms with Crippen LogP contribution in [0.15, 0.2) is 30.3 Å². The van der Waals surface area contributed by atoms with Crippen molar-refractivity contribution in [3.63, 3.8) is 0 Å². The Morgan fingerprint density at radius 1 is 1.16 bits per heavy atom. The molecule has 2 aliphatic rings. The first-order chi connectivity index (χ1) is 14.9. The molecule has 9 heteroatoms. The first kappa shape index (κ1) is 19.8. The molecule has 8 nitrogen and oxygen atoms in total. The van der Waals surface area contributed by atoms with Crippen LogP contribution >= 0.6 is 11.3 Å². The van der Waals surface area contributed by atoms with E-state index in [0.29, 0.717) is 30.1 Å². The molecule has 1 aromatic carbocycles. The lowest BCUT2D eigenvalue weighted by Gasteiger charge is -2.27. The third-order valence-electron chi connectivity index (χ3n) is 5.97. The maximum Gasteiger partial charge on any atom is 0.284 e. The third kappa shape index (κ3) is 3.60. The van der Waals surface area contributed by atoms with Gasteiger partial charge in [0, 0.05) is 41.0 Å². The highest BCUT2D eigenvalue weighted by Crippen LogP contribution is 2.32. The van der Waals surface area contributed by atoms with Gasteiger partial charge in [-0.3, -0.25) is 19.6 Å². The van der Waals surface area contributed by atoms with Crippen molar-refractivity contribution in [2.75, 3.05) is 11.9 Å². The Labute approximate surface area is 182 Å². The van der Waals surface area contributed by atoms with Gasteiger partial charge in [-0.15, -0.1) is 11.3 Å². The van der Waals surface area contributed by atoms with Crippen molar-refractivity contribution in [1.82, 2.24) is 14.9 Å². The Balaban J connectivity index is 1.38. The number of hydroxylamine groups is 1. The molecule has 1 aliphatic carbocycles. The minimum atomic E-state index is -0.532. The molecule has 0 saturated heterocycles. The average Bonchev–Trinajstić information content (AvgIpc) is 3.46. The maximum absolute atomic E-state index is 13.3. The number of nitrogens with one attached hydrogen (secondary N) is 2. The van der Waals surface area contributed by atoms with E-state index in [-0.39, 0.29) is 17.7 Å². The van der Waals surface area contributed by atoms with E-state index in [4.69, 9.17) is 5.21 Å². The van der Waals surface area contributed by atoms with Crippen molar-refractivity contribution in [1.29, 1.82) is 0 Å². The Bertz CT molecular complexity index is 1220. The predicted molar refractivity (Wildman–Crippen MR) is 116 cm³/mol. The van der Waals surface area contributed by atoms with Crippen LogP contribution in [-0.4, -0.2) is 38.9 Å². The van der Waals surface area contributed by atoms with Gasteiger partial charge >= 0.3 is 0 Å². The molecule has 1 saturated carbocycles. The van der Waals surface area contributed by atoms with Crippen molar-refractivity contribution < 1.29 is 19.6 Å². The van der Waals surface area contributed by atoms with Crippen LogP contribution in [0.3, 0.4) is 0 Å². The van der Waals surface area contributed by atoms with E-state index in [9.17, 15) is 14.4 Å². The zero-order valence-corrected chi connectivity index (χ0v) is 17.8. The fourth-order valence-electron chi connectivity index (χ4n) is 4.04. The molecular weight excluding hydrogens is 416 g/mol. The normalized spacial score (nSPS) is 15.6. The summed E-state index contributed by atoms with van der Waals surface area (Å²) in [6, 6.07) is 9.33. The van der Waals surface area contributed by atoms with Gasteiger partial charge in [0.05, 0.1) is 11.4 Å². The zero-order valence-electron chi connectivity index (χ0n) is 17.0. The third-order valence-corrected chi connectivity index (χ3v) is 7.13. The molecule has 2 aromatic heterocycles. The fraction of sp³-hybridized carbons (Fsp3) is 0.318. The smallest absolute Gasteiger partial charge is 0.284 e. The van der Waals surface area contributed by atoms with E-state index in [1.807, 2.05) is 35.9 Å². The van der Waals surface area contributed by atoms with Gasteiger partial charge in [-0.1, -0.05) is 0 Å². The quantitative estimate of drug-likeness (QED) is 0.430. The van der Waals surface area contributed by atoms with Crippen LogP contribution in [0.1, 0.15) is 43.4 Å². The Morgan fingerprint density at radius 2 is 1.97 bits per heavy atom. The van der Waals surface area contributed by atoms with Crippen LogP contribution in [0.4, 0.5) is 5.69 Å². The molecule has 0 bridgehead atoms. The number of amides is 3. The number of benzene rings is 1. The van der Waals surface area contributed by atoms with Crippen molar-refractivity contribution in [2.24, 2.45) is 13.0 Å². The molecule has 3 N–H and O–H groups in total. The largest absolute Gasteiger partial charge is 0.340 e. The van der Waals surface area contributed by atoms with Gasteiger partial charge in [0.25, 0.3) is 11.8 Å². The summed E-state index contributed by atoms with van der Waals surface area (Å²) in [7, 11) is 1.86. The number of fused-ring (bicyclic) bond motifs is 2. The summed E-state index contributed by atoms with van der Waals surface area (Å²) >= 11 is 1.30. The van der Waals surface area contributed by atoms with Crippen LogP contribution in [0.5, 0.6) is 0 Å². The van der Waals surface area contributed by atoms with Gasteiger partial charge in [0.2, 0.25) is 5.91 Å². The SMILES string of the molecule is Cn1c(C(=O)N2CCc3cc(C(=O)NO)sc3C2)cc2cc(NC(=O)C3CC3)ccc21. The number of hydrogen-bond acceptors (Lipinski definition) is 5. The van der Waals surface area contributed by atoms with Gasteiger partial charge in [-0.25, -0.2) is 5.48 Å². The average molecular weight is 439 g/mol. The number of aryl methyl sites for hydroxylation is 1. The zero-order chi connectivity index (χ0) is 21.7. The Kier molecular flexibility index (Phi) is 4.79. The molecule has 3 amide bonds. The number of carbonyl (C=O) groups is 3. The predicted octanol–water partition coefficient (Wildman–Crippen LogP) is 2.91. The molecule has 160 valence electrons. The number of aromatic nitrogens is 1. The highest BCUT2D eigenvalue weighted by atomic mass is 32.1. The first-order valence-corrected chi connectivity index (χ1v) is 11.0. The summed E-state index contributed by atoms with van der Waals surface area (Å²) in [5.41, 5.74) is 4.94. The van der Waals surface area contributed by atoms with Crippen LogP contribution < -0.4 is 10.8 Å². The van der Waals surface area contributed by atoms with E-state index in [0.717, 1.165) is 39.9 Å². The van der Waals surface area contributed by atoms with Crippen molar-refractivity contribution in [3.05, 3.63) is 51.3 Å². The lowest BCUT2D eigenvalue weighted by atomic mass is 10.1. The van der Waals surface area contributed by atoms with E-state index >= 15 is 0 Å². The van der Waals surface area contributed by atoms with Gasteiger partial charge in [0.1, 0.15) is 5.69 Å². The van der Waals surface area contributed by atoms with Crippen molar-refractivity contribution in [3.8, 4) is 0 Å². The Morgan fingerprint density at radius 3 is 2.71 bits per heavy atom. The molecular formula is C22H22N4O4S. The number of rotatable bonds is 4. The second-order valence-corrected chi connectivity index (χ2v) is 9.24. The van der Waals surface area contributed by atoms with Gasteiger partial charge in [-0.05, 0) is 55.2 Å². The van der Waals surface area contributed by atoms with Crippen LogP contribution in [0.2, 0.25) is 0 Å². The van der Waals surface area contributed by atoms with Gasteiger partial charge < -0.3 is 14.8 Å². The topological polar surface area (TPSA) is 104 Å². The van der Waals surface area contributed by atoms with Crippen molar-refractivity contribution >= 4 is 45.6 Å². The summed E-state index contributed by atoms with van der Waals surface area (Å²) < 4.78 is 1.87. The van der Waals surface area contributed by atoms with Gasteiger partial charge in [0.15, 0.2) is 0 Å². The molecule has 5 rings (SSSR count). The summed E-state index contributed by atoms with van der Waals surface area (Å²) in [5.74, 6) is -0.417. The lowest BCUT2D eigenvalue weighted by molar-refractivity contribution is -0.117. The van der Waals surface area contributed by atoms with Crippen LogP contribution in [-0.2, 0) is 24.8 Å². The second kappa shape index (κ2) is 7.51. The monoisotopic (exact) mass is 438 g/mol. The van der Waals surface area contributed by atoms with E-state index in [1.54, 1.807) is 16.4 Å². The summed E-state index contributed by atoms with van der Waals surface area (Å²) in [4.78, 5) is 40.2. The number of anilines is 1. The van der Waals surface area contributed by atoms with Crippen LogP contribution in [0, 0.1) is 5.92 Å². The molecule has 0 spiro atoms. The Hall–Kier alpha value is -3.17. The number of nitrogens with zero attached hydrogens (tertiary/aromatic N) is 2. The summed E-state index contributed by atoms with van der Waals surface area (Å²) in [6.45, 7) is 0.995. The van der Waals surface area contributed by atoms with E-state index in [2.05, 4.69) is 5.32 Å². The van der Waals surface area contributed by atoms with Gasteiger partial charge in [-0.2, -0.15) is 0 Å². The number of thiophene rings is 1. The van der Waals surface area contributed by atoms with E-state index in [1.165, 1.54) is 11.3 Å². The standard InChI is InChI=1S/C22H22N4O4S/c1-25-16-5-4-15(23-20(27)12-2-3-12)8-14(16)9-17(25)22(29)26-7-6-13-10-18(21(28)24-30)31-19(13)11-26/h4-5,8-10,12,30H,2-3,6-7,11H2,1H3,(H,23,27)(H,24,28).